The Balaban J connectivity index is 1.59. The smallest absolute Gasteiger partial charge is 0.321 e. The molecule has 0 radical (unpaired) electrons. The van der Waals surface area contributed by atoms with E-state index in [0.717, 1.165) is 0 Å². The minimum atomic E-state index is -0.382. The fourth-order valence-electron chi connectivity index (χ4n) is 3.29. The minimum absolute atomic E-state index is 0.160. The Hall–Kier alpha value is -3.93. The molecule has 3 aromatic carbocycles. The maximum absolute atomic E-state index is 12.9. The zero-order valence-corrected chi connectivity index (χ0v) is 15.6. The van der Waals surface area contributed by atoms with Gasteiger partial charge in [0.2, 0.25) is 0 Å². The van der Waals surface area contributed by atoms with Crippen LogP contribution in [-0.4, -0.2) is 30.8 Å². The van der Waals surface area contributed by atoms with E-state index in [-0.39, 0.29) is 17.7 Å². The van der Waals surface area contributed by atoms with Crippen molar-refractivity contribution in [3.8, 4) is 0 Å². The molecule has 144 valence electrons. The molecule has 0 spiro atoms. The lowest BCUT2D eigenvalue weighted by molar-refractivity contribution is 0.0996. The van der Waals surface area contributed by atoms with Gasteiger partial charge in [-0.3, -0.25) is 14.5 Å². The highest BCUT2D eigenvalue weighted by Gasteiger charge is 2.22. The largest absolute Gasteiger partial charge is 0.336 e. The number of amides is 3. The van der Waals surface area contributed by atoms with Gasteiger partial charge in [0, 0.05) is 35.6 Å². The second-order valence-electron chi connectivity index (χ2n) is 6.63. The molecule has 29 heavy (non-hydrogen) atoms. The highest BCUT2D eigenvalue weighted by Crippen LogP contribution is 2.22. The summed E-state index contributed by atoms with van der Waals surface area (Å²) >= 11 is 0. The molecule has 0 aliphatic carbocycles. The number of benzene rings is 3. The van der Waals surface area contributed by atoms with E-state index in [2.05, 4.69) is 10.6 Å². The lowest BCUT2D eigenvalue weighted by Crippen LogP contribution is -2.27. The van der Waals surface area contributed by atoms with E-state index in [1.165, 1.54) is 0 Å². The predicted molar refractivity (Wildman–Crippen MR) is 111 cm³/mol. The molecule has 0 unspecified atom stereocenters. The van der Waals surface area contributed by atoms with Crippen molar-refractivity contribution < 1.29 is 14.4 Å². The molecule has 1 aliphatic heterocycles. The average Bonchev–Trinajstić information content (AvgIpc) is 3.20. The Labute approximate surface area is 168 Å². The molecule has 3 amide bonds. The van der Waals surface area contributed by atoms with E-state index in [1.807, 2.05) is 12.1 Å². The number of nitrogens with one attached hydrogen (secondary N) is 2. The van der Waals surface area contributed by atoms with E-state index in [9.17, 15) is 14.4 Å². The third-order valence-corrected chi connectivity index (χ3v) is 4.72. The Morgan fingerprint density at radius 1 is 0.862 bits per heavy atom. The summed E-state index contributed by atoms with van der Waals surface area (Å²) in [5, 5.41) is 5.59. The highest BCUT2D eigenvalue weighted by atomic mass is 16.2. The molecule has 0 saturated carbocycles. The van der Waals surface area contributed by atoms with Crippen LogP contribution in [0.15, 0.2) is 78.9 Å². The van der Waals surface area contributed by atoms with Gasteiger partial charge >= 0.3 is 6.03 Å². The van der Waals surface area contributed by atoms with Gasteiger partial charge in [-0.05, 0) is 24.3 Å². The number of hydrogen-bond acceptors (Lipinski definition) is 3. The van der Waals surface area contributed by atoms with Gasteiger partial charge in [-0.15, -0.1) is 0 Å². The van der Waals surface area contributed by atoms with Gasteiger partial charge in [-0.1, -0.05) is 54.6 Å². The Morgan fingerprint density at radius 2 is 1.59 bits per heavy atom. The zero-order valence-electron chi connectivity index (χ0n) is 15.6. The van der Waals surface area contributed by atoms with Crippen molar-refractivity contribution in [2.24, 2.45) is 0 Å². The monoisotopic (exact) mass is 385 g/mol. The fourth-order valence-corrected chi connectivity index (χ4v) is 3.29. The second kappa shape index (κ2) is 7.98. The van der Waals surface area contributed by atoms with Gasteiger partial charge in [0.1, 0.15) is 0 Å². The molecule has 6 heteroatoms. The Kier molecular flexibility index (Phi) is 5.07. The summed E-state index contributed by atoms with van der Waals surface area (Å²) in [5.41, 5.74) is 2.41. The van der Waals surface area contributed by atoms with Gasteiger partial charge in [-0.2, -0.15) is 0 Å². The van der Waals surface area contributed by atoms with E-state index in [4.69, 9.17) is 0 Å². The number of nitrogens with zero attached hydrogens (tertiary/aromatic N) is 1. The van der Waals surface area contributed by atoms with Crippen LogP contribution >= 0.6 is 0 Å². The number of carbonyl (C=O) groups excluding carboxylic acids is 3. The number of urea groups is 1. The molecule has 2 N–H and O–H groups in total. The van der Waals surface area contributed by atoms with Crippen molar-refractivity contribution >= 4 is 29.1 Å². The maximum atomic E-state index is 12.9. The Morgan fingerprint density at radius 3 is 2.31 bits per heavy atom. The van der Waals surface area contributed by atoms with Crippen molar-refractivity contribution in [2.45, 2.75) is 0 Å². The van der Waals surface area contributed by atoms with Crippen LogP contribution in [0.4, 0.5) is 16.2 Å². The highest BCUT2D eigenvalue weighted by molar-refractivity contribution is 6.17. The summed E-state index contributed by atoms with van der Waals surface area (Å²) in [6, 6.07) is 22.5. The predicted octanol–water partition coefficient (Wildman–Crippen LogP) is 3.70. The third-order valence-electron chi connectivity index (χ3n) is 4.72. The molecular weight excluding hydrogens is 366 g/mol. The second-order valence-corrected chi connectivity index (χ2v) is 6.63. The first-order valence-electron chi connectivity index (χ1n) is 9.29. The number of rotatable bonds is 5. The lowest BCUT2D eigenvalue weighted by Gasteiger charge is -2.16. The van der Waals surface area contributed by atoms with Gasteiger partial charge in [-0.25, -0.2) is 4.79 Å². The lowest BCUT2D eigenvalue weighted by atomic mass is 9.98. The molecule has 1 saturated heterocycles. The third kappa shape index (κ3) is 3.87. The van der Waals surface area contributed by atoms with Crippen molar-refractivity contribution in [1.29, 1.82) is 0 Å². The molecular formula is C23H19N3O3. The topological polar surface area (TPSA) is 78.5 Å². The van der Waals surface area contributed by atoms with Crippen molar-refractivity contribution in [3.63, 3.8) is 0 Å². The number of hydrogen-bond donors (Lipinski definition) is 2. The summed E-state index contributed by atoms with van der Waals surface area (Å²) in [6.07, 6.45) is 0. The summed E-state index contributed by atoms with van der Waals surface area (Å²) < 4.78 is 0. The van der Waals surface area contributed by atoms with E-state index < -0.39 is 0 Å². The van der Waals surface area contributed by atoms with Crippen LogP contribution < -0.4 is 15.5 Å². The summed E-state index contributed by atoms with van der Waals surface area (Å²) in [4.78, 5) is 39.3. The normalized spacial score (nSPS) is 13.1. The first-order valence-corrected chi connectivity index (χ1v) is 9.29. The quantitative estimate of drug-likeness (QED) is 0.658. The van der Waals surface area contributed by atoms with E-state index in [1.54, 1.807) is 71.6 Å². The molecule has 0 aromatic heterocycles. The van der Waals surface area contributed by atoms with Crippen molar-refractivity contribution in [1.82, 2.24) is 5.32 Å². The van der Waals surface area contributed by atoms with Gasteiger partial charge < -0.3 is 10.6 Å². The number of carbonyl (C=O) groups is 3. The molecule has 0 atom stereocenters. The van der Waals surface area contributed by atoms with Gasteiger partial charge in [0.15, 0.2) is 5.78 Å². The van der Waals surface area contributed by atoms with Crippen LogP contribution in [0.3, 0.4) is 0 Å². The molecule has 6 nitrogen and oxygen atoms in total. The summed E-state index contributed by atoms with van der Waals surface area (Å²) in [7, 11) is 0. The summed E-state index contributed by atoms with van der Waals surface area (Å²) in [5.74, 6) is -0.591. The van der Waals surface area contributed by atoms with Crippen LogP contribution in [0, 0.1) is 0 Å². The van der Waals surface area contributed by atoms with E-state index >= 15 is 0 Å². The molecule has 1 aliphatic rings. The Bertz CT molecular complexity index is 1080. The van der Waals surface area contributed by atoms with Crippen LogP contribution in [0.5, 0.6) is 0 Å². The van der Waals surface area contributed by atoms with Gasteiger partial charge in [0.25, 0.3) is 5.91 Å². The van der Waals surface area contributed by atoms with Gasteiger partial charge in [0.05, 0.1) is 5.56 Å². The molecule has 1 fully saturated rings. The van der Waals surface area contributed by atoms with Crippen molar-refractivity contribution in [3.05, 3.63) is 95.6 Å². The van der Waals surface area contributed by atoms with Crippen molar-refractivity contribution in [2.75, 3.05) is 23.3 Å². The average molecular weight is 385 g/mol. The maximum Gasteiger partial charge on any atom is 0.321 e. The van der Waals surface area contributed by atoms with E-state index in [0.29, 0.717) is 41.2 Å². The van der Waals surface area contributed by atoms with Crippen LogP contribution in [-0.2, 0) is 0 Å². The molecule has 3 aromatic rings. The SMILES string of the molecule is O=C(Nc1cccc(N2CCNC2=O)c1)c1ccccc1C(=O)c1ccccc1. The number of anilines is 2. The van der Waals surface area contributed by atoms with Crippen LogP contribution in [0.2, 0.25) is 0 Å². The first kappa shape index (κ1) is 18.4. The standard InChI is InChI=1S/C23H19N3O3/c27-21(16-7-2-1-3-8-16)19-11-4-5-12-20(19)22(28)25-17-9-6-10-18(15-17)26-14-13-24-23(26)29/h1-12,15H,13-14H2,(H,24,29)(H,25,28). The number of ketones is 1. The molecule has 1 heterocycles. The molecule has 0 bridgehead atoms. The fraction of sp³-hybridized carbons (Fsp3) is 0.0870. The minimum Gasteiger partial charge on any atom is -0.336 e. The molecule has 4 rings (SSSR count). The summed E-state index contributed by atoms with van der Waals surface area (Å²) in [6.45, 7) is 1.16. The first-order chi connectivity index (χ1) is 14.1. The van der Waals surface area contributed by atoms with Crippen LogP contribution in [0.1, 0.15) is 26.3 Å². The zero-order chi connectivity index (χ0) is 20.2. The van der Waals surface area contributed by atoms with Crippen LogP contribution in [0.25, 0.3) is 0 Å².